The Labute approximate surface area is 128 Å². The molecule has 1 rings (SSSR count). The van der Waals surface area contributed by atoms with Gasteiger partial charge in [-0.2, -0.15) is 0 Å². The highest BCUT2D eigenvalue weighted by Gasteiger charge is 2.07. The summed E-state index contributed by atoms with van der Waals surface area (Å²) in [5, 5.41) is 0. The second-order valence-electron chi connectivity index (χ2n) is 5.70. The van der Waals surface area contributed by atoms with Crippen molar-refractivity contribution in [2.45, 2.75) is 40.5 Å². The number of nitrogens with zero attached hydrogens (tertiary/aromatic N) is 1. The van der Waals surface area contributed by atoms with Crippen LogP contribution in [-0.2, 0) is 16.0 Å². The van der Waals surface area contributed by atoms with Gasteiger partial charge in [-0.1, -0.05) is 5.57 Å². The van der Waals surface area contributed by atoms with E-state index in [9.17, 15) is 4.79 Å². The lowest BCUT2D eigenvalue weighted by Gasteiger charge is -2.18. The predicted octanol–water partition coefficient (Wildman–Crippen LogP) is 3.81. The van der Waals surface area contributed by atoms with E-state index in [-0.39, 0.29) is 5.97 Å². The second kappa shape index (κ2) is 7.87. The molecule has 3 heteroatoms. The highest BCUT2D eigenvalue weighted by molar-refractivity contribution is 5.82. The van der Waals surface area contributed by atoms with Crippen molar-refractivity contribution >= 4 is 11.7 Å². The minimum Gasteiger partial charge on any atom is -0.463 e. The number of rotatable bonds is 6. The molecular formula is C18H27NO2. The molecule has 0 N–H and O–H groups in total. The number of hydrogen-bond donors (Lipinski definition) is 0. The third-order valence-corrected chi connectivity index (χ3v) is 3.62. The van der Waals surface area contributed by atoms with E-state index in [1.807, 2.05) is 13.8 Å². The van der Waals surface area contributed by atoms with Crippen LogP contribution in [0.2, 0.25) is 0 Å². The van der Waals surface area contributed by atoms with Gasteiger partial charge in [-0.15, -0.1) is 0 Å². The number of benzene rings is 1. The molecule has 0 fully saturated rings. The van der Waals surface area contributed by atoms with Gasteiger partial charge in [-0.25, -0.2) is 4.79 Å². The summed E-state index contributed by atoms with van der Waals surface area (Å²) in [4.78, 5) is 13.5. The van der Waals surface area contributed by atoms with E-state index in [1.165, 1.54) is 22.4 Å². The van der Waals surface area contributed by atoms with Gasteiger partial charge < -0.3 is 9.64 Å². The van der Waals surface area contributed by atoms with Crippen LogP contribution in [0.1, 0.15) is 37.0 Å². The van der Waals surface area contributed by atoms with Gasteiger partial charge in [0.15, 0.2) is 0 Å². The Balaban J connectivity index is 2.78. The van der Waals surface area contributed by atoms with Gasteiger partial charge in [0.25, 0.3) is 0 Å². The fraction of sp³-hybridized carbons (Fsp3) is 0.500. The summed E-state index contributed by atoms with van der Waals surface area (Å²) >= 11 is 0. The van der Waals surface area contributed by atoms with Crippen LogP contribution in [0.4, 0.5) is 5.69 Å². The average Bonchev–Trinajstić information content (AvgIpc) is 2.37. The highest BCUT2D eigenvalue weighted by atomic mass is 16.5. The second-order valence-corrected chi connectivity index (χ2v) is 5.70. The summed E-state index contributed by atoms with van der Waals surface area (Å²) in [5.74, 6) is -0.244. The van der Waals surface area contributed by atoms with E-state index in [1.54, 1.807) is 6.08 Å². The summed E-state index contributed by atoms with van der Waals surface area (Å²) in [6.45, 7) is 8.53. The Morgan fingerprint density at radius 1 is 1.24 bits per heavy atom. The lowest BCUT2D eigenvalue weighted by molar-refractivity contribution is -0.137. The number of esters is 1. The maximum atomic E-state index is 11.4. The van der Waals surface area contributed by atoms with Crippen molar-refractivity contribution in [3.63, 3.8) is 0 Å². The Bertz CT molecular complexity index is 507. The molecule has 0 bridgehead atoms. The number of carbonyl (C=O) groups excluding carboxylic acids is 1. The molecule has 3 nitrogen and oxygen atoms in total. The van der Waals surface area contributed by atoms with E-state index in [0.717, 1.165) is 18.4 Å². The van der Waals surface area contributed by atoms with E-state index in [0.29, 0.717) is 6.61 Å². The average molecular weight is 289 g/mol. The summed E-state index contributed by atoms with van der Waals surface area (Å²) in [7, 11) is 4.11. The molecule has 0 aliphatic heterocycles. The molecule has 0 heterocycles. The lowest BCUT2D eigenvalue weighted by Crippen LogP contribution is -2.10. The minimum absolute atomic E-state index is 0.244. The van der Waals surface area contributed by atoms with Crippen LogP contribution < -0.4 is 4.90 Å². The molecule has 1 aromatic carbocycles. The van der Waals surface area contributed by atoms with Crippen LogP contribution in [0, 0.1) is 13.8 Å². The summed E-state index contributed by atoms with van der Waals surface area (Å²) in [6, 6.07) is 4.43. The molecule has 21 heavy (non-hydrogen) atoms. The van der Waals surface area contributed by atoms with Gasteiger partial charge in [-0.3, -0.25) is 0 Å². The van der Waals surface area contributed by atoms with Crippen molar-refractivity contribution < 1.29 is 9.53 Å². The lowest BCUT2D eigenvalue weighted by atomic mass is 9.95. The van der Waals surface area contributed by atoms with Crippen LogP contribution in [0.5, 0.6) is 0 Å². The predicted molar refractivity (Wildman–Crippen MR) is 89.0 cm³/mol. The molecule has 0 aromatic heterocycles. The van der Waals surface area contributed by atoms with Gasteiger partial charge >= 0.3 is 5.97 Å². The number of allylic oxidation sites excluding steroid dienone is 1. The fourth-order valence-corrected chi connectivity index (χ4v) is 2.40. The SMILES string of the molecule is CCOC(=O)/C=C(\C)CCc1c(C)cc(N(C)C)cc1C. The molecule has 0 atom stereocenters. The first-order valence-corrected chi connectivity index (χ1v) is 7.46. The largest absolute Gasteiger partial charge is 0.463 e. The Kier molecular flexibility index (Phi) is 6.47. The molecule has 0 saturated heterocycles. The van der Waals surface area contributed by atoms with Crippen molar-refractivity contribution in [3.05, 3.63) is 40.5 Å². The van der Waals surface area contributed by atoms with Crippen LogP contribution in [0.15, 0.2) is 23.8 Å². The molecule has 0 amide bonds. The van der Waals surface area contributed by atoms with Crippen molar-refractivity contribution in [1.82, 2.24) is 0 Å². The maximum Gasteiger partial charge on any atom is 0.330 e. The van der Waals surface area contributed by atoms with Crippen LogP contribution in [-0.4, -0.2) is 26.7 Å². The summed E-state index contributed by atoms with van der Waals surface area (Å²) < 4.78 is 4.93. The third kappa shape index (κ3) is 5.25. The van der Waals surface area contributed by atoms with Crippen molar-refractivity contribution in [2.75, 3.05) is 25.6 Å². The van der Waals surface area contributed by atoms with Crippen LogP contribution in [0.3, 0.4) is 0 Å². The third-order valence-electron chi connectivity index (χ3n) is 3.62. The zero-order valence-electron chi connectivity index (χ0n) is 14.1. The molecule has 0 radical (unpaired) electrons. The van der Waals surface area contributed by atoms with Gasteiger partial charge in [0, 0.05) is 25.9 Å². The van der Waals surface area contributed by atoms with Gasteiger partial charge in [-0.05, 0) is 69.4 Å². The summed E-state index contributed by atoms with van der Waals surface area (Å²) in [5.41, 5.74) is 6.28. The van der Waals surface area contributed by atoms with E-state index in [2.05, 4.69) is 45.0 Å². The first kappa shape index (κ1) is 17.3. The Morgan fingerprint density at radius 3 is 2.29 bits per heavy atom. The number of carbonyl (C=O) groups is 1. The Hall–Kier alpha value is -1.77. The van der Waals surface area contributed by atoms with Crippen LogP contribution in [0.25, 0.3) is 0 Å². The van der Waals surface area contributed by atoms with E-state index < -0.39 is 0 Å². The zero-order chi connectivity index (χ0) is 16.0. The molecule has 0 aliphatic rings. The number of hydrogen-bond acceptors (Lipinski definition) is 3. The normalized spacial score (nSPS) is 11.4. The zero-order valence-corrected chi connectivity index (χ0v) is 14.1. The van der Waals surface area contributed by atoms with E-state index in [4.69, 9.17) is 4.74 Å². The number of anilines is 1. The maximum absolute atomic E-state index is 11.4. The quantitative estimate of drug-likeness (QED) is 0.589. The summed E-state index contributed by atoms with van der Waals surface area (Å²) in [6.07, 6.45) is 3.43. The minimum atomic E-state index is -0.244. The van der Waals surface area contributed by atoms with Gasteiger partial charge in [0.1, 0.15) is 0 Å². The molecule has 0 aliphatic carbocycles. The molecular weight excluding hydrogens is 262 g/mol. The fourth-order valence-electron chi connectivity index (χ4n) is 2.40. The van der Waals surface area contributed by atoms with E-state index >= 15 is 0 Å². The van der Waals surface area contributed by atoms with Crippen molar-refractivity contribution in [2.24, 2.45) is 0 Å². The standard InChI is InChI=1S/C18H27NO2/c1-7-21-18(20)10-13(2)8-9-17-14(3)11-16(19(5)6)12-15(17)4/h10-12H,7-9H2,1-6H3/b13-10+. The molecule has 0 spiro atoms. The van der Waals surface area contributed by atoms with Crippen molar-refractivity contribution in [3.8, 4) is 0 Å². The number of ether oxygens (including phenoxy) is 1. The molecule has 116 valence electrons. The monoisotopic (exact) mass is 289 g/mol. The molecule has 0 unspecified atom stereocenters. The Morgan fingerprint density at radius 2 is 1.81 bits per heavy atom. The molecule has 1 aromatic rings. The topological polar surface area (TPSA) is 29.5 Å². The van der Waals surface area contributed by atoms with Crippen LogP contribution >= 0.6 is 0 Å². The highest BCUT2D eigenvalue weighted by Crippen LogP contribution is 2.24. The molecule has 0 saturated carbocycles. The van der Waals surface area contributed by atoms with Crippen molar-refractivity contribution in [1.29, 1.82) is 0 Å². The smallest absolute Gasteiger partial charge is 0.330 e. The number of aryl methyl sites for hydroxylation is 2. The first-order valence-electron chi connectivity index (χ1n) is 7.46. The van der Waals surface area contributed by atoms with Gasteiger partial charge in [0.05, 0.1) is 6.61 Å². The van der Waals surface area contributed by atoms with Gasteiger partial charge in [0.2, 0.25) is 0 Å². The first-order chi connectivity index (χ1) is 9.85.